The predicted molar refractivity (Wildman–Crippen MR) is 97.2 cm³/mol. The zero-order valence-electron chi connectivity index (χ0n) is 14.4. The van der Waals surface area contributed by atoms with Crippen LogP contribution in [-0.2, 0) is 20.0 Å². The minimum Gasteiger partial charge on any atom is -0.354 e. The molecule has 7 heteroatoms. The van der Waals surface area contributed by atoms with Gasteiger partial charge in [-0.15, -0.1) is 0 Å². The second kappa shape index (κ2) is 7.42. The molecule has 1 amide bonds. The molecule has 24 heavy (non-hydrogen) atoms. The van der Waals surface area contributed by atoms with E-state index >= 15 is 0 Å². The molecule has 134 valence electrons. The molecule has 1 aliphatic rings. The molecule has 0 aliphatic carbocycles. The van der Waals surface area contributed by atoms with Crippen molar-refractivity contribution in [2.45, 2.75) is 31.7 Å². The van der Waals surface area contributed by atoms with Gasteiger partial charge in [0.2, 0.25) is 5.91 Å². The van der Waals surface area contributed by atoms with Gasteiger partial charge in [0, 0.05) is 23.0 Å². The fraction of sp³-hybridized carbons (Fsp3) is 0.588. The molecule has 5 nitrogen and oxygen atoms in total. The van der Waals surface area contributed by atoms with Crippen LogP contribution in [0.1, 0.15) is 25.8 Å². The van der Waals surface area contributed by atoms with E-state index in [0.717, 1.165) is 5.56 Å². The fourth-order valence-electron chi connectivity index (χ4n) is 2.87. The number of nitrogens with zero attached hydrogens (tertiary/aromatic N) is 1. The van der Waals surface area contributed by atoms with Gasteiger partial charge in [0.15, 0.2) is 9.84 Å². The lowest BCUT2D eigenvalue weighted by molar-refractivity contribution is -0.122. The summed E-state index contributed by atoms with van der Waals surface area (Å²) < 4.78 is 23.1. The maximum Gasteiger partial charge on any atom is 0.234 e. The first-order valence-corrected chi connectivity index (χ1v) is 10.2. The predicted octanol–water partition coefficient (Wildman–Crippen LogP) is 1.85. The maximum absolute atomic E-state index is 12.2. The summed E-state index contributed by atoms with van der Waals surface area (Å²) >= 11 is 6.04. The molecule has 1 N–H and O–H groups in total. The van der Waals surface area contributed by atoms with E-state index < -0.39 is 9.84 Å². The summed E-state index contributed by atoms with van der Waals surface area (Å²) in [6.07, 6.45) is 0.597. The summed E-state index contributed by atoms with van der Waals surface area (Å²) in [5, 5.41) is 3.62. The molecule has 0 unspecified atom stereocenters. The summed E-state index contributed by atoms with van der Waals surface area (Å²) in [6.45, 7) is 4.78. The number of rotatable bonds is 6. The van der Waals surface area contributed by atoms with Gasteiger partial charge >= 0.3 is 0 Å². The molecule has 0 saturated carbocycles. The first-order chi connectivity index (χ1) is 11.1. The van der Waals surface area contributed by atoms with Crippen molar-refractivity contribution in [1.82, 2.24) is 10.2 Å². The number of benzene rings is 1. The standard InChI is InChI=1S/C17H25ClN2O3S/c1-17(2,13-5-4-6-14(18)9-13)12-19-16(21)10-20(3)15-7-8-24(22,23)11-15/h4-6,9,15H,7-8,10-12H2,1-3H3,(H,19,21)/t15-/m0/s1. The summed E-state index contributed by atoms with van der Waals surface area (Å²) in [5.74, 6) is 0.257. The van der Waals surface area contributed by atoms with Crippen LogP contribution in [0.2, 0.25) is 5.02 Å². The molecule has 1 aliphatic heterocycles. The molecule has 1 atom stereocenters. The first-order valence-electron chi connectivity index (χ1n) is 8.02. The molecule has 1 aromatic carbocycles. The average Bonchev–Trinajstić information content (AvgIpc) is 2.86. The zero-order chi connectivity index (χ0) is 18.0. The molecule has 1 heterocycles. The zero-order valence-corrected chi connectivity index (χ0v) is 16.0. The van der Waals surface area contributed by atoms with Gasteiger partial charge in [-0.25, -0.2) is 8.42 Å². The van der Waals surface area contributed by atoms with Gasteiger partial charge in [-0.2, -0.15) is 0 Å². The van der Waals surface area contributed by atoms with Crippen LogP contribution in [-0.4, -0.2) is 56.9 Å². The number of likely N-dealkylation sites (N-methyl/N-ethyl adjacent to an activating group) is 1. The van der Waals surface area contributed by atoms with Crippen LogP contribution in [0.15, 0.2) is 24.3 Å². The van der Waals surface area contributed by atoms with Crippen LogP contribution in [0.25, 0.3) is 0 Å². The molecule has 0 spiro atoms. The minimum atomic E-state index is -2.94. The van der Waals surface area contributed by atoms with Gasteiger partial charge in [0.05, 0.1) is 18.1 Å². The van der Waals surface area contributed by atoms with E-state index in [0.29, 0.717) is 18.0 Å². The molecule has 2 rings (SSSR count). The third kappa shape index (κ3) is 5.19. The summed E-state index contributed by atoms with van der Waals surface area (Å²) in [7, 11) is -1.14. The van der Waals surface area contributed by atoms with E-state index in [1.807, 2.05) is 43.0 Å². The Labute approximate surface area is 149 Å². The van der Waals surface area contributed by atoms with Crippen molar-refractivity contribution in [3.05, 3.63) is 34.9 Å². The summed E-state index contributed by atoms with van der Waals surface area (Å²) in [4.78, 5) is 14.0. The van der Waals surface area contributed by atoms with E-state index in [2.05, 4.69) is 5.32 Å². The van der Waals surface area contributed by atoms with Crippen molar-refractivity contribution in [3.8, 4) is 0 Å². The topological polar surface area (TPSA) is 66.5 Å². The maximum atomic E-state index is 12.2. The van der Waals surface area contributed by atoms with Gasteiger partial charge in [-0.1, -0.05) is 37.6 Å². The first kappa shape index (κ1) is 19.2. The highest BCUT2D eigenvalue weighted by atomic mass is 35.5. The molecule has 0 aromatic heterocycles. The highest BCUT2D eigenvalue weighted by molar-refractivity contribution is 7.91. The van der Waals surface area contributed by atoms with Crippen molar-refractivity contribution >= 4 is 27.3 Å². The number of amides is 1. The van der Waals surface area contributed by atoms with Gasteiger partial charge in [-0.05, 0) is 31.2 Å². The van der Waals surface area contributed by atoms with Crippen LogP contribution in [0.3, 0.4) is 0 Å². The van der Waals surface area contributed by atoms with Crippen molar-refractivity contribution in [3.63, 3.8) is 0 Å². The summed E-state index contributed by atoms with van der Waals surface area (Å²) in [5.41, 5.74) is 0.820. The lowest BCUT2D eigenvalue weighted by Crippen LogP contribution is -2.44. The lowest BCUT2D eigenvalue weighted by atomic mass is 9.84. The fourth-order valence-corrected chi connectivity index (χ4v) is 4.86. The van der Waals surface area contributed by atoms with Gasteiger partial charge in [0.1, 0.15) is 0 Å². The van der Waals surface area contributed by atoms with Crippen molar-refractivity contribution in [2.24, 2.45) is 0 Å². The second-order valence-corrected chi connectivity index (χ2v) is 9.81. The Hall–Kier alpha value is -1.11. The monoisotopic (exact) mass is 372 g/mol. The molecule has 0 bridgehead atoms. The number of sulfone groups is 1. The number of carbonyl (C=O) groups excluding carboxylic acids is 1. The third-order valence-electron chi connectivity index (χ3n) is 4.56. The molecule has 0 radical (unpaired) electrons. The van der Waals surface area contributed by atoms with Crippen molar-refractivity contribution in [1.29, 1.82) is 0 Å². The number of hydrogen-bond acceptors (Lipinski definition) is 4. The van der Waals surface area contributed by atoms with E-state index in [1.165, 1.54) is 0 Å². The highest BCUT2D eigenvalue weighted by Crippen LogP contribution is 2.24. The molecule has 1 fully saturated rings. The van der Waals surface area contributed by atoms with Crippen LogP contribution >= 0.6 is 11.6 Å². The van der Waals surface area contributed by atoms with Crippen LogP contribution < -0.4 is 5.32 Å². The minimum absolute atomic E-state index is 0.0679. The number of hydrogen-bond donors (Lipinski definition) is 1. The Morgan fingerprint density at radius 2 is 2.12 bits per heavy atom. The van der Waals surface area contributed by atoms with Crippen LogP contribution in [0.5, 0.6) is 0 Å². The van der Waals surface area contributed by atoms with Gasteiger partial charge in [-0.3, -0.25) is 9.69 Å². The lowest BCUT2D eigenvalue weighted by Gasteiger charge is -2.27. The van der Waals surface area contributed by atoms with E-state index in [1.54, 1.807) is 7.05 Å². The number of carbonyl (C=O) groups is 1. The Morgan fingerprint density at radius 3 is 2.71 bits per heavy atom. The molecule has 1 saturated heterocycles. The van der Waals surface area contributed by atoms with Crippen LogP contribution in [0, 0.1) is 0 Å². The number of nitrogens with one attached hydrogen (secondary N) is 1. The normalized spacial score (nSPS) is 20.3. The smallest absolute Gasteiger partial charge is 0.234 e. The summed E-state index contributed by atoms with van der Waals surface area (Å²) in [6, 6.07) is 7.55. The Kier molecular flexibility index (Phi) is 5.94. The van der Waals surface area contributed by atoms with Crippen molar-refractivity contribution < 1.29 is 13.2 Å². The van der Waals surface area contributed by atoms with E-state index in [9.17, 15) is 13.2 Å². The Morgan fingerprint density at radius 1 is 1.42 bits per heavy atom. The Bertz CT molecular complexity index is 704. The van der Waals surface area contributed by atoms with Crippen molar-refractivity contribution in [2.75, 3.05) is 31.6 Å². The Balaban J connectivity index is 1.86. The van der Waals surface area contributed by atoms with Gasteiger partial charge < -0.3 is 5.32 Å². The molecular formula is C17H25ClN2O3S. The van der Waals surface area contributed by atoms with E-state index in [4.69, 9.17) is 11.6 Å². The number of halogens is 1. The molecular weight excluding hydrogens is 348 g/mol. The highest BCUT2D eigenvalue weighted by Gasteiger charge is 2.31. The van der Waals surface area contributed by atoms with E-state index in [-0.39, 0.29) is 35.4 Å². The largest absolute Gasteiger partial charge is 0.354 e. The SMILES string of the molecule is CN(CC(=O)NCC(C)(C)c1cccc(Cl)c1)[C@H]1CCS(=O)(=O)C1. The average molecular weight is 373 g/mol. The second-order valence-electron chi connectivity index (χ2n) is 7.14. The quantitative estimate of drug-likeness (QED) is 0.827. The van der Waals surface area contributed by atoms with Gasteiger partial charge in [0.25, 0.3) is 0 Å². The third-order valence-corrected chi connectivity index (χ3v) is 6.54. The molecule has 1 aromatic rings. The van der Waals surface area contributed by atoms with Crippen LogP contribution in [0.4, 0.5) is 0 Å².